The molecule has 0 radical (unpaired) electrons. The van der Waals surface area contributed by atoms with Gasteiger partial charge in [0.25, 0.3) is 0 Å². The number of hydrogen-bond acceptors (Lipinski definition) is 4. The number of aryl methyl sites for hydroxylation is 2. The van der Waals surface area contributed by atoms with Gasteiger partial charge in [-0.25, -0.2) is 9.97 Å². The van der Waals surface area contributed by atoms with E-state index < -0.39 is 0 Å². The third kappa shape index (κ3) is 4.33. The fraction of sp³-hybridized carbons (Fsp3) is 0.360. The monoisotopic (exact) mass is 444 g/mol. The Morgan fingerprint density at radius 1 is 0.818 bits per heavy atom. The maximum atomic E-state index is 12.9. The van der Waals surface area contributed by atoms with Gasteiger partial charge in [0.05, 0.1) is 34.7 Å². The van der Waals surface area contributed by atoms with E-state index in [4.69, 9.17) is 0 Å². The number of nitrogens with zero attached hydrogens (tertiary/aromatic N) is 6. The van der Waals surface area contributed by atoms with Gasteiger partial charge in [-0.1, -0.05) is 24.3 Å². The molecule has 0 aliphatic carbocycles. The second-order valence-electron chi connectivity index (χ2n) is 8.63. The minimum Gasteiger partial charge on any atom is -0.339 e. The van der Waals surface area contributed by atoms with E-state index in [2.05, 4.69) is 9.97 Å². The molecule has 0 spiro atoms. The first-order valence-corrected chi connectivity index (χ1v) is 11.5. The van der Waals surface area contributed by atoms with E-state index in [-0.39, 0.29) is 17.9 Å². The van der Waals surface area contributed by atoms with Crippen LogP contribution in [0.2, 0.25) is 0 Å². The number of hydrogen-bond donors (Lipinski definition) is 0. The molecule has 8 nitrogen and oxygen atoms in total. The summed E-state index contributed by atoms with van der Waals surface area (Å²) < 4.78 is 4.05. The largest absolute Gasteiger partial charge is 0.339 e. The second kappa shape index (κ2) is 9.05. The number of carbonyl (C=O) groups excluding carboxylic acids is 2. The molecule has 2 aromatic carbocycles. The van der Waals surface area contributed by atoms with Gasteiger partial charge in [0.1, 0.15) is 0 Å². The standard InChI is InChI=1S/C25H28N6O2/c1-19-16-28(24(32)10-12-29-17-26-20-6-2-4-8-22(20)29)14-15-31(19)25(33)11-13-30-18-27-21-7-3-5-9-23(21)30/h2-9,17-19H,10-16H2,1H3/t19-/m0/s1. The van der Waals surface area contributed by atoms with Crippen molar-refractivity contribution in [2.24, 2.45) is 0 Å². The Bertz CT molecular complexity index is 1290. The quantitative estimate of drug-likeness (QED) is 0.458. The van der Waals surface area contributed by atoms with Crippen LogP contribution in [0, 0.1) is 0 Å². The molecule has 1 aliphatic rings. The highest BCUT2D eigenvalue weighted by atomic mass is 16.2. The highest BCUT2D eigenvalue weighted by molar-refractivity contribution is 5.80. The molecule has 0 bridgehead atoms. The molecule has 2 aromatic heterocycles. The molecular weight excluding hydrogens is 416 g/mol. The van der Waals surface area contributed by atoms with Crippen LogP contribution in [-0.4, -0.2) is 66.4 Å². The smallest absolute Gasteiger partial charge is 0.224 e. The fourth-order valence-corrected chi connectivity index (χ4v) is 4.67. The molecule has 1 fully saturated rings. The average molecular weight is 445 g/mol. The molecular formula is C25H28N6O2. The molecule has 1 aliphatic heterocycles. The van der Waals surface area contributed by atoms with Crippen LogP contribution in [0.3, 0.4) is 0 Å². The third-order valence-electron chi connectivity index (χ3n) is 6.49. The third-order valence-corrected chi connectivity index (χ3v) is 6.49. The summed E-state index contributed by atoms with van der Waals surface area (Å²) in [6, 6.07) is 15.9. The lowest BCUT2D eigenvalue weighted by Gasteiger charge is -2.40. The number of para-hydroxylation sites is 4. The average Bonchev–Trinajstić information content (AvgIpc) is 3.45. The molecule has 1 saturated heterocycles. The maximum Gasteiger partial charge on any atom is 0.224 e. The number of rotatable bonds is 6. The van der Waals surface area contributed by atoms with Crippen molar-refractivity contribution in [3.8, 4) is 0 Å². The predicted molar refractivity (Wildman–Crippen MR) is 126 cm³/mol. The van der Waals surface area contributed by atoms with Crippen molar-refractivity contribution >= 4 is 33.9 Å². The first-order valence-electron chi connectivity index (χ1n) is 11.5. The highest BCUT2D eigenvalue weighted by Crippen LogP contribution is 2.17. The number of amides is 2. The van der Waals surface area contributed by atoms with Crippen molar-refractivity contribution in [3.63, 3.8) is 0 Å². The summed E-state index contributed by atoms with van der Waals surface area (Å²) >= 11 is 0. The first kappa shape index (κ1) is 21.2. The fourth-order valence-electron chi connectivity index (χ4n) is 4.67. The summed E-state index contributed by atoms with van der Waals surface area (Å²) in [6.45, 7) is 4.95. The van der Waals surface area contributed by atoms with E-state index in [1.54, 1.807) is 12.7 Å². The molecule has 0 saturated carbocycles. The van der Waals surface area contributed by atoms with Gasteiger partial charge in [-0.05, 0) is 31.2 Å². The van der Waals surface area contributed by atoms with Crippen molar-refractivity contribution in [1.82, 2.24) is 28.9 Å². The Morgan fingerprint density at radius 3 is 1.94 bits per heavy atom. The van der Waals surface area contributed by atoms with Gasteiger partial charge >= 0.3 is 0 Å². The summed E-state index contributed by atoms with van der Waals surface area (Å²) in [5.41, 5.74) is 3.96. The molecule has 1 atom stereocenters. The summed E-state index contributed by atoms with van der Waals surface area (Å²) in [4.78, 5) is 38.3. The van der Waals surface area contributed by atoms with Gasteiger partial charge in [0.15, 0.2) is 0 Å². The highest BCUT2D eigenvalue weighted by Gasteiger charge is 2.29. The van der Waals surface area contributed by atoms with E-state index in [1.807, 2.05) is 74.4 Å². The number of aromatic nitrogens is 4. The van der Waals surface area contributed by atoms with Crippen LogP contribution in [0.5, 0.6) is 0 Å². The van der Waals surface area contributed by atoms with Crippen molar-refractivity contribution in [2.75, 3.05) is 19.6 Å². The minimum atomic E-state index is 0.00352. The summed E-state index contributed by atoms with van der Waals surface area (Å²) in [5, 5.41) is 0. The van der Waals surface area contributed by atoms with Gasteiger partial charge in [-0.3, -0.25) is 9.59 Å². The Balaban J connectivity index is 1.13. The maximum absolute atomic E-state index is 12.9. The lowest BCUT2D eigenvalue weighted by molar-refractivity contribution is -0.142. The molecule has 33 heavy (non-hydrogen) atoms. The molecule has 170 valence electrons. The molecule has 0 unspecified atom stereocenters. The van der Waals surface area contributed by atoms with Gasteiger partial charge < -0.3 is 18.9 Å². The van der Waals surface area contributed by atoms with Gasteiger partial charge in [0.2, 0.25) is 11.8 Å². The number of piperazine rings is 1. The summed E-state index contributed by atoms with van der Waals surface area (Å²) in [6.07, 6.45) is 4.43. The van der Waals surface area contributed by atoms with Crippen molar-refractivity contribution in [2.45, 2.75) is 38.9 Å². The number of imidazole rings is 2. The molecule has 4 aromatic rings. The Morgan fingerprint density at radius 2 is 1.36 bits per heavy atom. The minimum absolute atomic E-state index is 0.00352. The Labute approximate surface area is 192 Å². The van der Waals surface area contributed by atoms with E-state index in [9.17, 15) is 9.59 Å². The van der Waals surface area contributed by atoms with Gasteiger partial charge in [-0.2, -0.15) is 0 Å². The number of carbonyl (C=O) groups is 2. The van der Waals surface area contributed by atoms with Crippen LogP contribution < -0.4 is 0 Å². The SMILES string of the molecule is C[C@H]1CN(C(=O)CCn2cnc3ccccc32)CCN1C(=O)CCn1cnc2ccccc21. The van der Waals surface area contributed by atoms with Crippen LogP contribution in [0.4, 0.5) is 0 Å². The zero-order valence-electron chi connectivity index (χ0n) is 18.8. The van der Waals surface area contributed by atoms with E-state index >= 15 is 0 Å². The molecule has 2 amide bonds. The van der Waals surface area contributed by atoms with Crippen LogP contribution in [0.25, 0.3) is 22.1 Å². The lowest BCUT2D eigenvalue weighted by atomic mass is 10.1. The van der Waals surface area contributed by atoms with Crippen molar-refractivity contribution < 1.29 is 9.59 Å². The Kier molecular flexibility index (Phi) is 5.81. The summed E-state index contributed by atoms with van der Waals surface area (Å²) in [7, 11) is 0. The van der Waals surface area contributed by atoms with Gasteiger partial charge in [0, 0.05) is 51.6 Å². The van der Waals surface area contributed by atoms with E-state index in [0.717, 1.165) is 22.1 Å². The molecule has 3 heterocycles. The Hall–Kier alpha value is -3.68. The van der Waals surface area contributed by atoms with Crippen LogP contribution >= 0.6 is 0 Å². The lowest BCUT2D eigenvalue weighted by Crippen LogP contribution is -2.55. The topological polar surface area (TPSA) is 76.3 Å². The van der Waals surface area contributed by atoms with E-state index in [0.29, 0.717) is 45.6 Å². The number of fused-ring (bicyclic) bond motifs is 2. The van der Waals surface area contributed by atoms with Crippen LogP contribution in [-0.2, 0) is 22.7 Å². The summed E-state index contributed by atoms with van der Waals surface area (Å²) in [5.74, 6) is 0.244. The normalized spacial score (nSPS) is 16.6. The predicted octanol–water partition coefficient (Wildman–Crippen LogP) is 2.93. The number of benzene rings is 2. The zero-order valence-corrected chi connectivity index (χ0v) is 18.8. The van der Waals surface area contributed by atoms with Crippen LogP contribution in [0.15, 0.2) is 61.2 Å². The second-order valence-corrected chi connectivity index (χ2v) is 8.63. The first-order chi connectivity index (χ1) is 16.1. The van der Waals surface area contributed by atoms with Gasteiger partial charge in [-0.15, -0.1) is 0 Å². The zero-order chi connectivity index (χ0) is 22.8. The molecule has 8 heteroatoms. The van der Waals surface area contributed by atoms with E-state index in [1.165, 1.54) is 0 Å². The van der Waals surface area contributed by atoms with Crippen molar-refractivity contribution in [3.05, 3.63) is 61.2 Å². The van der Waals surface area contributed by atoms with Crippen molar-refractivity contribution in [1.29, 1.82) is 0 Å². The molecule has 0 N–H and O–H groups in total. The van der Waals surface area contributed by atoms with Crippen LogP contribution in [0.1, 0.15) is 19.8 Å². The molecule has 5 rings (SSSR count).